The maximum absolute atomic E-state index is 11.9. The quantitative estimate of drug-likeness (QED) is 0.596. The second-order valence-corrected chi connectivity index (χ2v) is 7.37. The number of anilines is 2. The predicted octanol–water partition coefficient (Wildman–Crippen LogP) is 1.22. The fraction of sp³-hybridized carbons (Fsp3) is 0.706. The molecule has 2 fully saturated rings. The smallest absolute Gasteiger partial charge is 0.353 e. The summed E-state index contributed by atoms with van der Waals surface area (Å²) in [6, 6.07) is 0.195. The van der Waals surface area contributed by atoms with Crippen LogP contribution in [0.15, 0.2) is 6.33 Å². The van der Waals surface area contributed by atoms with Crippen molar-refractivity contribution >= 4 is 23.3 Å². The molecule has 0 bridgehead atoms. The average molecular weight is 378 g/mol. The van der Waals surface area contributed by atoms with Crippen molar-refractivity contribution in [1.29, 1.82) is 0 Å². The summed E-state index contributed by atoms with van der Waals surface area (Å²) >= 11 is 0. The largest absolute Gasteiger partial charge is 0.481 e. The average Bonchev–Trinajstić information content (AvgIpc) is 2.67. The number of aliphatic carboxylic acids is 1. The zero-order chi connectivity index (χ0) is 19.6. The minimum Gasteiger partial charge on any atom is -0.481 e. The van der Waals surface area contributed by atoms with Gasteiger partial charge in [-0.3, -0.25) is 14.9 Å². The minimum absolute atomic E-state index is 0.0901. The topological polar surface area (TPSA) is 116 Å². The van der Waals surface area contributed by atoms with Crippen molar-refractivity contribution in [3.05, 3.63) is 16.4 Å². The molecule has 0 amide bonds. The highest BCUT2D eigenvalue weighted by Gasteiger charge is 2.34. The molecule has 0 unspecified atom stereocenters. The Hall–Kier alpha value is -2.49. The fourth-order valence-corrected chi connectivity index (χ4v) is 3.91. The van der Waals surface area contributed by atoms with Crippen LogP contribution in [-0.2, 0) is 4.79 Å². The lowest BCUT2D eigenvalue weighted by Gasteiger charge is -2.36. The summed E-state index contributed by atoms with van der Waals surface area (Å²) in [5, 5.41) is 21.0. The van der Waals surface area contributed by atoms with Crippen LogP contribution in [0.5, 0.6) is 0 Å². The summed E-state index contributed by atoms with van der Waals surface area (Å²) in [6.07, 6.45) is 4.13. The molecule has 1 aromatic heterocycles. The lowest BCUT2D eigenvalue weighted by molar-refractivity contribution is -0.383. The Balaban J connectivity index is 1.85. The van der Waals surface area contributed by atoms with Gasteiger partial charge in [-0.25, -0.2) is 9.97 Å². The molecule has 1 aromatic rings. The van der Waals surface area contributed by atoms with Gasteiger partial charge in [-0.15, -0.1) is 0 Å². The van der Waals surface area contributed by atoms with Gasteiger partial charge in [0.2, 0.25) is 11.6 Å². The number of carboxylic acids is 1. The van der Waals surface area contributed by atoms with E-state index in [4.69, 9.17) is 5.11 Å². The van der Waals surface area contributed by atoms with Crippen molar-refractivity contribution < 1.29 is 14.8 Å². The SMILES string of the molecule is CN1CCC(N(C)c2ncnc(N3CCC(C(=O)O)CC3)c2[N+](=O)[O-])CC1. The lowest BCUT2D eigenvalue weighted by atomic mass is 9.97. The summed E-state index contributed by atoms with van der Waals surface area (Å²) < 4.78 is 0. The third-order valence-electron chi connectivity index (χ3n) is 5.68. The molecule has 3 rings (SSSR count). The first kappa shape index (κ1) is 19.3. The first-order valence-electron chi connectivity index (χ1n) is 9.27. The van der Waals surface area contributed by atoms with Gasteiger partial charge in [0.05, 0.1) is 10.8 Å². The van der Waals surface area contributed by atoms with Gasteiger partial charge in [0.25, 0.3) is 0 Å². The molecule has 2 saturated heterocycles. The molecule has 27 heavy (non-hydrogen) atoms. The third kappa shape index (κ3) is 4.10. The summed E-state index contributed by atoms with van der Waals surface area (Å²) in [5.41, 5.74) is -0.0901. The molecule has 10 heteroatoms. The maximum atomic E-state index is 11.9. The molecule has 0 saturated carbocycles. The van der Waals surface area contributed by atoms with E-state index in [-0.39, 0.29) is 17.5 Å². The van der Waals surface area contributed by atoms with E-state index < -0.39 is 16.8 Å². The monoisotopic (exact) mass is 378 g/mol. The molecule has 148 valence electrons. The Kier molecular flexibility index (Phi) is 5.73. The number of likely N-dealkylation sites (tertiary alicyclic amines) is 1. The second kappa shape index (κ2) is 8.03. The van der Waals surface area contributed by atoms with E-state index >= 15 is 0 Å². The molecule has 2 aliphatic heterocycles. The number of aromatic nitrogens is 2. The van der Waals surface area contributed by atoms with Crippen LogP contribution in [0, 0.1) is 16.0 Å². The van der Waals surface area contributed by atoms with E-state index in [0.29, 0.717) is 31.7 Å². The van der Waals surface area contributed by atoms with Crippen LogP contribution >= 0.6 is 0 Å². The van der Waals surface area contributed by atoms with E-state index in [9.17, 15) is 14.9 Å². The number of nitro groups is 1. The summed E-state index contributed by atoms with van der Waals surface area (Å²) in [4.78, 5) is 37.0. The van der Waals surface area contributed by atoms with Crippen LogP contribution in [0.3, 0.4) is 0 Å². The first-order valence-corrected chi connectivity index (χ1v) is 9.27. The first-order chi connectivity index (χ1) is 12.9. The standard InChI is InChI=1S/C17H26N6O4/c1-20-7-5-13(6-8-20)21(2)15-14(23(26)27)16(19-11-18-15)22-9-3-12(4-10-22)17(24)25/h11-13H,3-10H2,1-2H3,(H,24,25). The third-order valence-corrected chi connectivity index (χ3v) is 5.68. The highest BCUT2D eigenvalue weighted by molar-refractivity contribution is 5.73. The van der Waals surface area contributed by atoms with Gasteiger partial charge in [-0.05, 0) is 45.8 Å². The summed E-state index contributed by atoms with van der Waals surface area (Å²) in [7, 11) is 3.92. The Morgan fingerprint density at radius 3 is 2.41 bits per heavy atom. The van der Waals surface area contributed by atoms with E-state index in [0.717, 1.165) is 25.9 Å². The van der Waals surface area contributed by atoms with E-state index in [1.54, 1.807) is 0 Å². The van der Waals surface area contributed by atoms with E-state index in [1.807, 2.05) is 16.8 Å². The van der Waals surface area contributed by atoms with Crippen LogP contribution in [0.2, 0.25) is 0 Å². The maximum Gasteiger partial charge on any atom is 0.353 e. The lowest BCUT2D eigenvalue weighted by Crippen LogP contribution is -2.42. The molecule has 0 radical (unpaired) electrons. The molecule has 10 nitrogen and oxygen atoms in total. The number of carboxylic acid groups (broad SMARTS) is 1. The Labute approximate surface area is 157 Å². The van der Waals surface area contributed by atoms with Crippen LogP contribution in [-0.4, -0.2) is 77.2 Å². The molecule has 0 spiro atoms. The van der Waals surface area contributed by atoms with Gasteiger partial charge in [-0.2, -0.15) is 0 Å². The van der Waals surface area contributed by atoms with Gasteiger partial charge in [0.15, 0.2) is 0 Å². The van der Waals surface area contributed by atoms with E-state index in [2.05, 4.69) is 21.9 Å². The van der Waals surface area contributed by atoms with Crippen molar-refractivity contribution in [1.82, 2.24) is 14.9 Å². The fourth-order valence-electron chi connectivity index (χ4n) is 3.91. The predicted molar refractivity (Wildman–Crippen MR) is 100 cm³/mol. The highest BCUT2D eigenvalue weighted by Crippen LogP contribution is 2.37. The van der Waals surface area contributed by atoms with Crippen molar-refractivity contribution in [2.45, 2.75) is 31.7 Å². The van der Waals surface area contributed by atoms with Gasteiger partial charge >= 0.3 is 11.7 Å². The van der Waals surface area contributed by atoms with Crippen molar-refractivity contribution in [2.24, 2.45) is 5.92 Å². The number of rotatable bonds is 5. The number of hydrogen-bond donors (Lipinski definition) is 1. The summed E-state index contributed by atoms with van der Waals surface area (Å²) in [6.45, 7) is 2.77. The normalized spacial score (nSPS) is 19.9. The zero-order valence-electron chi connectivity index (χ0n) is 15.7. The molecular weight excluding hydrogens is 352 g/mol. The Morgan fingerprint density at radius 2 is 1.85 bits per heavy atom. The number of nitrogens with zero attached hydrogens (tertiary/aromatic N) is 6. The van der Waals surface area contributed by atoms with Crippen LogP contribution in [0.4, 0.5) is 17.3 Å². The Morgan fingerprint density at radius 1 is 1.22 bits per heavy atom. The molecule has 0 aliphatic carbocycles. The van der Waals surface area contributed by atoms with Crippen LogP contribution < -0.4 is 9.80 Å². The number of carbonyl (C=O) groups is 1. The van der Waals surface area contributed by atoms with Crippen molar-refractivity contribution in [3.63, 3.8) is 0 Å². The molecule has 1 N–H and O–H groups in total. The molecule has 0 aromatic carbocycles. The van der Waals surface area contributed by atoms with Crippen LogP contribution in [0.25, 0.3) is 0 Å². The van der Waals surface area contributed by atoms with Crippen LogP contribution in [0.1, 0.15) is 25.7 Å². The Bertz CT molecular complexity index is 699. The van der Waals surface area contributed by atoms with Gasteiger partial charge in [-0.1, -0.05) is 0 Å². The highest BCUT2D eigenvalue weighted by atomic mass is 16.6. The molecular formula is C17H26N6O4. The molecule has 3 heterocycles. The van der Waals surface area contributed by atoms with Crippen molar-refractivity contribution in [2.75, 3.05) is 50.1 Å². The number of hydrogen-bond acceptors (Lipinski definition) is 8. The van der Waals surface area contributed by atoms with Gasteiger partial charge < -0.3 is 19.8 Å². The van der Waals surface area contributed by atoms with E-state index in [1.165, 1.54) is 6.33 Å². The number of piperidine rings is 2. The minimum atomic E-state index is -0.811. The molecule has 2 aliphatic rings. The second-order valence-electron chi connectivity index (χ2n) is 7.37. The van der Waals surface area contributed by atoms with Crippen molar-refractivity contribution in [3.8, 4) is 0 Å². The molecule has 0 atom stereocenters. The van der Waals surface area contributed by atoms with Gasteiger partial charge in [0.1, 0.15) is 6.33 Å². The van der Waals surface area contributed by atoms with Gasteiger partial charge in [0, 0.05) is 26.2 Å². The zero-order valence-corrected chi connectivity index (χ0v) is 15.7. The summed E-state index contributed by atoms with van der Waals surface area (Å²) in [5.74, 6) is -0.591.